The van der Waals surface area contributed by atoms with Gasteiger partial charge in [-0.25, -0.2) is 0 Å². The van der Waals surface area contributed by atoms with E-state index >= 15 is 0 Å². The average Bonchev–Trinajstić information content (AvgIpc) is 3.55. The molecule has 4 aromatic rings. The van der Waals surface area contributed by atoms with Crippen LogP contribution in [0.4, 0.5) is 5.69 Å². The van der Waals surface area contributed by atoms with Crippen molar-refractivity contribution in [2.24, 2.45) is 0 Å². The lowest BCUT2D eigenvalue weighted by molar-refractivity contribution is -0.162. The number of piperidine rings is 1. The predicted octanol–water partition coefficient (Wildman–Crippen LogP) is 4.92. The van der Waals surface area contributed by atoms with Crippen molar-refractivity contribution in [2.45, 2.75) is 43.9 Å². The number of nitrogens with zero attached hydrogens (tertiary/aromatic N) is 4. The van der Waals surface area contributed by atoms with E-state index in [-0.39, 0.29) is 23.3 Å². The molecule has 0 radical (unpaired) electrons. The first-order chi connectivity index (χ1) is 24.2. The normalized spacial score (nSPS) is 17.5. The van der Waals surface area contributed by atoms with Gasteiger partial charge in [0.2, 0.25) is 0 Å². The van der Waals surface area contributed by atoms with Crippen LogP contribution in [0.2, 0.25) is 0 Å². The van der Waals surface area contributed by atoms with Gasteiger partial charge in [-0.15, -0.1) is 0 Å². The molecule has 0 atom stereocenters. The average molecular weight is 675 g/mol. The Hall–Kier alpha value is -4.77. The van der Waals surface area contributed by atoms with E-state index in [9.17, 15) is 14.4 Å². The van der Waals surface area contributed by atoms with Crippen molar-refractivity contribution in [2.75, 3.05) is 59.3 Å². The lowest BCUT2D eigenvalue weighted by Gasteiger charge is -2.53. The summed E-state index contributed by atoms with van der Waals surface area (Å²) in [7, 11) is 5.67. The van der Waals surface area contributed by atoms with Gasteiger partial charge in [0.05, 0.1) is 13.2 Å². The van der Waals surface area contributed by atoms with Crippen LogP contribution in [-0.4, -0.2) is 91.0 Å². The van der Waals surface area contributed by atoms with Crippen molar-refractivity contribution >= 4 is 23.4 Å². The molecule has 0 unspecified atom stereocenters. The molecule has 0 saturated carbocycles. The quantitative estimate of drug-likeness (QED) is 0.262. The summed E-state index contributed by atoms with van der Waals surface area (Å²) in [6.07, 6.45) is 2.30. The highest BCUT2D eigenvalue weighted by atomic mass is 16.5. The lowest BCUT2D eigenvalue weighted by atomic mass is 9.88. The molecule has 0 bridgehead atoms. The van der Waals surface area contributed by atoms with E-state index in [4.69, 9.17) is 4.74 Å². The molecular formula is C40H46N6O4. The van der Waals surface area contributed by atoms with E-state index in [1.165, 1.54) is 5.56 Å². The molecule has 50 heavy (non-hydrogen) atoms. The van der Waals surface area contributed by atoms with Crippen molar-refractivity contribution < 1.29 is 19.1 Å². The summed E-state index contributed by atoms with van der Waals surface area (Å²) >= 11 is 0. The Morgan fingerprint density at radius 3 is 2.08 bits per heavy atom. The van der Waals surface area contributed by atoms with Gasteiger partial charge < -0.3 is 29.7 Å². The summed E-state index contributed by atoms with van der Waals surface area (Å²) in [5.74, 6) is 0.285. The standard InChI is InChI=1S/C40H46N6O4/c1-43(2)39(49)33-8-4-29(5-9-33)25-45-22-23-46-35(16-17-36(46)40(45)26-50-27-40)38(48)41-24-28-6-14-34(15-7-28)42-37(47)32-12-10-30(11-13-32)31-18-20-44(3)21-19-31/h4-17,31H,18-27H2,1-3H3,(H,41,48)(H,42,47). The van der Waals surface area contributed by atoms with Gasteiger partial charge in [-0.2, -0.15) is 0 Å². The number of anilines is 1. The first-order valence-electron chi connectivity index (χ1n) is 17.5. The van der Waals surface area contributed by atoms with E-state index in [2.05, 4.69) is 50.2 Å². The summed E-state index contributed by atoms with van der Waals surface area (Å²) in [6.45, 7) is 5.93. The highest BCUT2D eigenvalue weighted by Gasteiger charge is 2.50. The molecule has 2 fully saturated rings. The summed E-state index contributed by atoms with van der Waals surface area (Å²) in [6, 6.07) is 27.4. The Morgan fingerprint density at radius 2 is 1.44 bits per heavy atom. The molecule has 260 valence electrons. The number of carbonyl (C=O) groups is 3. The number of amides is 3. The molecular weight excluding hydrogens is 628 g/mol. The molecule has 10 heteroatoms. The Labute approximate surface area is 294 Å². The fraction of sp³-hybridized carbons (Fsp3) is 0.375. The van der Waals surface area contributed by atoms with E-state index < -0.39 is 0 Å². The molecule has 10 nitrogen and oxygen atoms in total. The van der Waals surface area contributed by atoms with Crippen molar-refractivity contribution in [1.29, 1.82) is 0 Å². The van der Waals surface area contributed by atoms with Gasteiger partial charge in [0.25, 0.3) is 17.7 Å². The number of aromatic nitrogens is 1. The molecule has 2 N–H and O–H groups in total. The predicted molar refractivity (Wildman–Crippen MR) is 193 cm³/mol. The minimum absolute atomic E-state index is 0.0114. The Kier molecular flexibility index (Phi) is 9.59. The van der Waals surface area contributed by atoms with Crippen LogP contribution in [0.5, 0.6) is 0 Å². The number of ether oxygens (including phenoxy) is 1. The van der Waals surface area contributed by atoms with E-state index in [0.29, 0.717) is 54.7 Å². The molecule has 3 aliphatic rings. The molecule has 3 amide bonds. The van der Waals surface area contributed by atoms with Gasteiger partial charge in [0, 0.05) is 62.8 Å². The minimum atomic E-state index is -0.288. The van der Waals surface area contributed by atoms with Crippen molar-refractivity contribution in [3.8, 4) is 0 Å². The maximum Gasteiger partial charge on any atom is 0.268 e. The fourth-order valence-corrected chi connectivity index (χ4v) is 7.43. The molecule has 7 rings (SSSR count). The van der Waals surface area contributed by atoms with Crippen molar-refractivity contribution in [1.82, 2.24) is 24.6 Å². The van der Waals surface area contributed by atoms with Crippen LogP contribution in [-0.2, 0) is 29.9 Å². The van der Waals surface area contributed by atoms with Gasteiger partial charge >= 0.3 is 0 Å². The number of benzene rings is 3. The zero-order chi connectivity index (χ0) is 34.8. The van der Waals surface area contributed by atoms with E-state index in [1.54, 1.807) is 19.0 Å². The number of fused-ring (bicyclic) bond motifs is 2. The molecule has 3 aromatic carbocycles. The molecule has 1 spiro atoms. The third kappa shape index (κ3) is 6.83. The lowest BCUT2D eigenvalue weighted by Crippen LogP contribution is -2.63. The smallest absolute Gasteiger partial charge is 0.268 e. The van der Waals surface area contributed by atoms with Crippen LogP contribution in [0.1, 0.15) is 72.3 Å². The second-order valence-corrected chi connectivity index (χ2v) is 14.1. The van der Waals surface area contributed by atoms with Crippen molar-refractivity contribution in [3.05, 3.63) is 124 Å². The highest BCUT2D eigenvalue weighted by molar-refractivity contribution is 6.04. The number of likely N-dealkylation sites (tertiary alicyclic amines) is 1. The largest absolute Gasteiger partial charge is 0.377 e. The van der Waals surface area contributed by atoms with E-state index in [0.717, 1.165) is 55.8 Å². The summed E-state index contributed by atoms with van der Waals surface area (Å²) < 4.78 is 7.88. The SMILES string of the molecule is CN1CCC(c2ccc(C(=O)Nc3ccc(CNC(=O)c4ccc5n4CCN(Cc4ccc(C(=O)N(C)C)cc4)C54COC4)cc3)cc2)CC1. The number of nitrogens with one attached hydrogen (secondary N) is 2. The van der Waals surface area contributed by atoms with Gasteiger partial charge in [0.1, 0.15) is 11.2 Å². The topological polar surface area (TPSA) is 99.2 Å². The summed E-state index contributed by atoms with van der Waals surface area (Å²) in [5.41, 5.74) is 6.84. The third-order valence-corrected chi connectivity index (χ3v) is 10.6. The first-order valence-corrected chi connectivity index (χ1v) is 17.5. The molecule has 2 saturated heterocycles. The Morgan fingerprint density at radius 1 is 0.780 bits per heavy atom. The summed E-state index contributed by atoms with van der Waals surface area (Å²) in [4.78, 5) is 45.0. The second kappa shape index (κ2) is 14.2. The van der Waals surface area contributed by atoms with Crippen LogP contribution in [0.25, 0.3) is 0 Å². The van der Waals surface area contributed by atoms with Crippen molar-refractivity contribution in [3.63, 3.8) is 0 Å². The highest BCUT2D eigenvalue weighted by Crippen LogP contribution is 2.41. The molecule has 1 aromatic heterocycles. The monoisotopic (exact) mass is 674 g/mol. The zero-order valence-electron chi connectivity index (χ0n) is 29.2. The van der Waals surface area contributed by atoms with Gasteiger partial charge in [-0.3, -0.25) is 19.3 Å². The molecule has 3 aliphatic heterocycles. The Bertz CT molecular complexity index is 1840. The molecule has 0 aliphatic carbocycles. The van der Waals surface area contributed by atoms with Crippen LogP contribution in [0.3, 0.4) is 0 Å². The molecule has 4 heterocycles. The number of hydrogen-bond donors (Lipinski definition) is 2. The van der Waals surface area contributed by atoms with Crippen LogP contribution >= 0.6 is 0 Å². The number of hydrogen-bond acceptors (Lipinski definition) is 6. The minimum Gasteiger partial charge on any atom is -0.377 e. The van der Waals surface area contributed by atoms with Gasteiger partial charge in [0.15, 0.2) is 0 Å². The van der Waals surface area contributed by atoms with Crippen LogP contribution in [0.15, 0.2) is 84.9 Å². The summed E-state index contributed by atoms with van der Waals surface area (Å²) in [5, 5.41) is 6.08. The third-order valence-electron chi connectivity index (χ3n) is 10.6. The second-order valence-electron chi connectivity index (χ2n) is 14.1. The van der Waals surface area contributed by atoms with E-state index in [1.807, 2.05) is 66.7 Å². The van der Waals surface area contributed by atoms with Crippen LogP contribution < -0.4 is 10.6 Å². The number of rotatable bonds is 9. The van der Waals surface area contributed by atoms with Gasteiger partial charge in [-0.1, -0.05) is 36.4 Å². The Balaban J connectivity index is 0.934. The maximum absolute atomic E-state index is 13.4. The van der Waals surface area contributed by atoms with Crippen LogP contribution in [0, 0.1) is 0 Å². The van der Waals surface area contributed by atoms with Gasteiger partial charge in [-0.05, 0) is 104 Å². The first kappa shape index (κ1) is 33.7. The zero-order valence-corrected chi connectivity index (χ0v) is 29.2. The fourth-order valence-electron chi connectivity index (χ4n) is 7.43. The number of carbonyl (C=O) groups excluding carboxylic acids is 3. The maximum atomic E-state index is 13.4.